The van der Waals surface area contributed by atoms with Crippen LogP contribution >= 0.6 is 11.3 Å². The predicted molar refractivity (Wildman–Crippen MR) is 58.9 cm³/mol. The second-order valence-electron chi connectivity index (χ2n) is 4.90. The van der Waals surface area contributed by atoms with Crippen molar-refractivity contribution < 1.29 is 0 Å². The second kappa shape index (κ2) is 2.60. The minimum absolute atomic E-state index is 0.449. The van der Waals surface area contributed by atoms with Crippen molar-refractivity contribution in [1.82, 2.24) is 9.38 Å². The summed E-state index contributed by atoms with van der Waals surface area (Å²) in [6, 6.07) is 0. The van der Waals surface area contributed by atoms with Gasteiger partial charge < -0.3 is 0 Å². The Morgan fingerprint density at radius 3 is 3.21 bits per heavy atom. The van der Waals surface area contributed by atoms with Gasteiger partial charge in [-0.3, -0.25) is 4.40 Å². The molecule has 0 fully saturated rings. The van der Waals surface area contributed by atoms with Crippen LogP contribution in [0.5, 0.6) is 0 Å². The minimum atomic E-state index is 0.449. The molecule has 2 aromatic rings. The molecular weight excluding hydrogens is 192 g/mol. The fraction of sp³-hybridized carbons (Fsp3) is 0.545. The van der Waals surface area contributed by atoms with Crippen LogP contribution in [0.25, 0.3) is 4.96 Å². The Balaban J connectivity index is 2.20. The van der Waals surface area contributed by atoms with Gasteiger partial charge in [0.25, 0.3) is 0 Å². The number of hydrogen-bond acceptors (Lipinski definition) is 2. The molecule has 2 heterocycles. The van der Waals surface area contributed by atoms with Crippen molar-refractivity contribution in [1.29, 1.82) is 0 Å². The highest BCUT2D eigenvalue weighted by Crippen LogP contribution is 2.35. The number of nitrogens with zero attached hydrogens (tertiary/aromatic N) is 2. The van der Waals surface area contributed by atoms with Gasteiger partial charge in [-0.1, -0.05) is 13.8 Å². The number of hydrogen-bond donors (Lipinski definition) is 0. The molecule has 3 heteroatoms. The van der Waals surface area contributed by atoms with Crippen molar-refractivity contribution in [3.05, 3.63) is 23.0 Å². The van der Waals surface area contributed by atoms with Crippen LogP contribution in [0.3, 0.4) is 0 Å². The van der Waals surface area contributed by atoms with Crippen molar-refractivity contribution in [2.75, 3.05) is 0 Å². The summed E-state index contributed by atoms with van der Waals surface area (Å²) in [4.78, 5) is 5.82. The van der Waals surface area contributed by atoms with E-state index in [1.54, 1.807) is 11.3 Å². The molecule has 1 aliphatic carbocycles. The van der Waals surface area contributed by atoms with Crippen molar-refractivity contribution in [2.45, 2.75) is 33.1 Å². The number of fused-ring (bicyclic) bond motifs is 3. The van der Waals surface area contributed by atoms with Gasteiger partial charge >= 0.3 is 0 Å². The fourth-order valence-corrected chi connectivity index (χ4v) is 3.02. The quantitative estimate of drug-likeness (QED) is 0.648. The number of aromatic nitrogens is 2. The number of aryl methyl sites for hydroxylation is 1. The molecule has 0 aromatic carbocycles. The molecule has 0 amide bonds. The van der Waals surface area contributed by atoms with E-state index in [1.807, 2.05) is 0 Å². The lowest BCUT2D eigenvalue weighted by Gasteiger charge is -2.28. The maximum Gasteiger partial charge on any atom is 0.194 e. The lowest BCUT2D eigenvalue weighted by molar-refractivity contribution is 0.309. The molecule has 2 nitrogen and oxygen atoms in total. The third-order valence-corrected chi connectivity index (χ3v) is 3.89. The molecule has 0 radical (unpaired) electrons. The average molecular weight is 206 g/mol. The van der Waals surface area contributed by atoms with Gasteiger partial charge in [0.1, 0.15) is 0 Å². The summed E-state index contributed by atoms with van der Waals surface area (Å²) in [5.41, 5.74) is 3.22. The summed E-state index contributed by atoms with van der Waals surface area (Å²) in [6.07, 6.45) is 5.73. The molecule has 2 aromatic heterocycles. The standard InChI is InChI=1S/C11H14N2S/c1-11(2)4-3-8-9(7-11)13-5-6-14-10(13)12-8/h5-6H,3-4,7H2,1-2H3. The minimum Gasteiger partial charge on any atom is -0.294 e. The van der Waals surface area contributed by atoms with E-state index < -0.39 is 0 Å². The molecule has 3 rings (SSSR count). The average Bonchev–Trinajstić information content (AvgIpc) is 2.64. The van der Waals surface area contributed by atoms with E-state index in [9.17, 15) is 0 Å². The molecule has 14 heavy (non-hydrogen) atoms. The first-order valence-corrected chi connectivity index (χ1v) is 5.97. The Kier molecular flexibility index (Phi) is 1.57. The summed E-state index contributed by atoms with van der Waals surface area (Å²) >= 11 is 1.73. The first-order valence-electron chi connectivity index (χ1n) is 5.09. The molecule has 0 spiro atoms. The van der Waals surface area contributed by atoms with Crippen LogP contribution in [0.2, 0.25) is 0 Å². The second-order valence-corrected chi connectivity index (χ2v) is 5.77. The van der Waals surface area contributed by atoms with Gasteiger partial charge in [-0.15, -0.1) is 11.3 Å². The third kappa shape index (κ3) is 1.12. The van der Waals surface area contributed by atoms with E-state index >= 15 is 0 Å². The lowest BCUT2D eigenvalue weighted by Crippen LogP contribution is -2.22. The summed E-state index contributed by atoms with van der Waals surface area (Å²) in [5.74, 6) is 0. The topological polar surface area (TPSA) is 17.3 Å². The Morgan fingerprint density at radius 2 is 2.36 bits per heavy atom. The smallest absolute Gasteiger partial charge is 0.194 e. The van der Waals surface area contributed by atoms with Crippen LogP contribution in [0.4, 0.5) is 0 Å². The summed E-state index contributed by atoms with van der Waals surface area (Å²) in [6.45, 7) is 4.70. The van der Waals surface area contributed by atoms with Crippen molar-refractivity contribution in [3.63, 3.8) is 0 Å². The van der Waals surface area contributed by atoms with Crippen LogP contribution < -0.4 is 0 Å². The molecule has 0 bridgehead atoms. The zero-order valence-corrected chi connectivity index (χ0v) is 9.40. The normalized spacial score (nSPS) is 19.9. The molecular formula is C11H14N2S. The molecule has 74 valence electrons. The number of rotatable bonds is 0. The molecule has 0 unspecified atom stereocenters. The SMILES string of the molecule is CC1(C)CCc2nc3sccn3c2C1. The summed E-state index contributed by atoms with van der Waals surface area (Å²) in [7, 11) is 0. The zero-order valence-electron chi connectivity index (χ0n) is 8.58. The fourth-order valence-electron chi connectivity index (χ4n) is 2.26. The molecule has 0 saturated carbocycles. The van der Waals surface area contributed by atoms with Crippen LogP contribution in [-0.2, 0) is 12.8 Å². The molecule has 0 saturated heterocycles. The van der Waals surface area contributed by atoms with Crippen LogP contribution in [0, 0.1) is 5.41 Å². The van der Waals surface area contributed by atoms with Gasteiger partial charge in [-0.05, 0) is 24.7 Å². The van der Waals surface area contributed by atoms with Crippen LogP contribution in [-0.4, -0.2) is 9.38 Å². The third-order valence-electron chi connectivity index (χ3n) is 3.13. The van der Waals surface area contributed by atoms with E-state index in [0.717, 1.165) is 11.4 Å². The van der Waals surface area contributed by atoms with Crippen molar-refractivity contribution in [3.8, 4) is 0 Å². The van der Waals surface area contributed by atoms with Gasteiger partial charge in [-0.25, -0.2) is 4.98 Å². The lowest BCUT2D eigenvalue weighted by atomic mass is 9.78. The first-order chi connectivity index (χ1) is 6.66. The Morgan fingerprint density at radius 1 is 1.50 bits per heavy atom. The van der Waals surface area contributed by atoms with Crippen molar-refractivity contribution in [2.24, 2.45) is 5.41 Å². The number of imidazole rings is 1. The summed E-state index contributed by atoms with van der Waals surface area (Å²) in [5, 5.41) is 2.12. The maximum atomic E-state index is 4.66. The molecule has 0 atom stereocenters. The Labute approximate surface area is 87.6 Å². The van der Waals surface area contributed by atoms with Crippen LogP contribution in [0.1, 0.15) is 31.7 Å². The Hall–Kier alpha value is -0.830. The first kappa shape index (κ1) is 8.48. The maximum absolute atomic E-state index is 4.66. The van der Waals surface area contributed by atoms with E-state index in [4.69, 9.17) is 0 Å². The summed E-state index contributed by atoms with van der Waals surface area (Å²) < 4.78 is 2.26. The highest BCUT2D eigenvalue weighted by Gasteiger charge is 2.28. The zero-order chi connectivity index (χ0) is 9.76. The van der Waals surface area contributed by atoms with Gasteiger partial charge in [-0.2, -0.15) is 0 Å². The molecule has 0 aliphatic heterocycles. The highest BCUT2D eigenvalue weighted by molar-refractivity contribution is 7.15. The van der Waals surface area contributed by atoms with E-state index in [1.165, 1.54) is 24.2 Å². The van der Waals surface area contributed by atoms with Gasteiger partial charge in [0.15, 0.2) is 4.96 Å². The largest absolute Gasteiger partial charge is 0.294 e. The molecule has 1 aliphatic rings. The molecule has 0 N–H and O–H groups in total. The predicted octanol–water partition coefficient (Wildman–Crippen LogP) is 2.91. The van der Waals surface area contributed by atoms with E-state index in [2.05, 4.69) is 34.8 Å². The van der Waals surface area contributed by atoms with Crippen molar-refractivity contribution >= 4 is 16.3 Å². The number of thiazole rings is 1. The monoisotopic (exact) mass is 206 g/mol. The Bertz CT molecular complexity index is 478. The van der Waals surface area contributed by atoms with Crippen LogP contribution in [0.15, 0.2) is 11.6 Å². The van der Waals surface area contributed by atoms with E-state index in [-0.39, 0.29) is 0 Å². The highest BCUT2D eigenvalue weighted by atomic mass is 32.1. The van der Waals surface area contributed by atoms with Gasteiger partial charge in [0.05, 0.1) is 5.69 Å². The van der Waals surface area contributed by atoms with Gasteiger partial charge in [0, 0.05) is 17.3 Å². The van der Waals surface area contributed by atoms with Gasteiger partial charge in [0.2, 0.25) is 0 Å². The van der Waals surface area contributed by atoms with E-state index in [0.29, 0.717) is 5.41 Å².